The van der Waals surface area contributed by atoms with Crippen LogP contribution in [-0.2, 0) is 4.79 Å². The third kappa shape index (κ3) is 2.76. The van der Waals surface area contributed by atoms with Crippen LogP contribution in [0.5, 0.6) is 0 Å². The Morgan fingerprint density at radius 2 is 1.75 bits per heavy atom. The second-order valence-corrected chi connectivity index (χ2v) is 11.0. The molecule has 4 fully saturated rings. The minimum absolute atomic E-state index is 0.128. The Morgan fingerprint density at radius 1 is 0.964 bits per heavy atom. The predicted molar refractivity (Wildman–Crippen MR) is 116 cm³/mol. The Hall–Kier alpha value is -1.08. The van der Waals surface area contributed by atoms with E-state index in [9.17, 15) is 4.79 Å². The number of ketones is 1. The van der Waals surface area contributed by atoms with Crippen LogP contribution in [0.2, 0.25) is 5.02 Å². The number of hydrogen-bond donors (Lipinski definition) is 0. The second kappa shape index (κ2) is 6.73. The molecule has 1 aromatic carbocycles. The summed E-state index contributed by atoms with van der Waals surface area (Å²) in [5.41, 5.74) is 2.58. The van der Waals surface area contributed by atoms with Crippen molar-refractivity contribution in [3.63, 3.8) is 0 Å². The van der Waals surface area contributed by atoms with E-state index in [1.54, 1.807) is 0 Å². The molecule has 0 unspecified atom stereocenters. The van der Waals surface area contributed by atoms with E-state index < -0.39 is 0 Å². The molecule has 6 atom stereocenters. The lowest BCUT2D eigenvalue weighted by atomic mass is 9.45. The molecule has 150 valence electrons. The topological polar surface area (TPSA) is 17.1 Å². The first kappa shape index (κ1) is 18.9. The van der Waals surface area contributed by atoms with Crippen molar-refractivity contribution in [1.82, 2.24) is 0 Å². The largest absolute Gasteiger partial charge is 0.294 e. The SMILES string of the molecule is C[C@]12CCCC[C@@H]1CC[C@@H]1[C@@H]2CC[C@]2(C)C(=O)/C(=C/c3ccc(Cl)cc3)C[C@@H]12. The van der Waals surface area contributed by atoms with Crippen LogP contribution in [-0.4, -0.2) is 5.78 Å². The van der Waals surface area contributed by atoms with Gasteiger partial charge in [0.15, 0.2) is 5.78 Å². The molecule has 0 amide bonds. The van der Waals surface area contributed by atoms with Gasteiger partial charge in [-0.15, -0.1) is 0 Å². The van der Waals surface area contributed by atoms with Crippen LogP contribution in [0.3, 0.4) is 0 Å². The quantitative estimate of drug-likeness (QED) is 0.454. The summed E-state index contributed by atoms with van der Waals surface area (Å²) in [6.45, 7) is 4.89. The van der Waals surface area contributed by atoms with Crippen molar-refractivity contribution in [3.05, 3.63) is 40.4 Å². The normalized spacial score (nSPS) is 44.1. The van der Waals surface area contributed by atoms with Crippen LogP contribution in [0.15, 0.2) is 29.8 Å². The molecule has 0 spiro atoms. The summed E-state index contributed by atoms with van der Waals surface area (Å²) in [5.74, 6) is 3.51. The Labute approximate surface area is 174 Å². The highest BCUT2D eigenvalue weighted by molar-refractivity contribution is 6.30. The average Bonchev–Trinajstić information content (AvgIpc) is 2.94. The van der Waals surface area contributed by atoms with Crippen LogP contribution in [0.1, 0.15) is 77.2 Å². The number of halogens is 1. The van der Waals surface area contributed by atoms with Gasteiger partial charge < -0.3 is 0 Å². The van der Waals surface area contributed by atoms with Crippen molar-refractivity contribution in [1.29, 1.82) is 0 Å². The van der Waals surface area contributed by atoms with E-state index in [0.717, 1.165) is 46.8 Å². The highest BCUT2D eigenvalue weighted by Gasteiger charge is 2.60. The number of Topliss-reactive ketones (excluding diaryl/α,β-unsaturated/α-hetero) is 1. The Balaban J connectivity index is 1.45. The summed E-state index contributed by atoms with van der Waals surface area (Å²) in [7, 11) is 0. The number of allylic oxidation sites excluding steroid dienone is 1. The zero-order valence-electron chi connectivity index (χ0n) is 17.3. The maximum absolute atomic E-state index is 13.5. The van der Waals surface area contributed by atoms with Gasteiger partial charge >= 0.3 is 0 Å². The molecule has 0 N–H and O–H groups in total. The molecule has 4 aliphatic rings. The highest BCUT2D eigenvalue weighted by Crippen LogP contribution is 2.66. The predicted octanol–water partition coefficient (Wildman–Crippen LogP) is 7.34. The molecule has 0 saturated heterocycles. The molecule has 0 aliphatic heterocycles. The van der Waals surface area contributed by atoms with Crippen LogP contribution in [0.25, 0.3) is 6.08 Å². The van der Waals surface area contributed by atoms with E-state index in [4.69, 9.17) is 11.6 Å². The molecule has 4 saturated carbocycles. The molecule has 1 nitrogen and oxygen atoms in total. The summed E-state index contributed by atoms with van der Waals surface area (Å²) in [6, 6.07) is 7.90. The van der Waals surface area contributed by atoms with Crippen molar-refractivity contribution >= 4 is 23.5 Å². The first-order chi connectivity index (χ1) is 13.4. The Kier molecular flexibility index (Phi) is 4.54. The lowest BCUT2D eigenvalue weighted by Crippen LogP contribution is -2.52. The fourth-order valence-electron chi connectivity index (χ4n) is 7.85. The van der Waals surface area contributed by atoms with Gasteiger partial charge in [-0.2, -0.15) is 0 Å². The van der Waals surface area contributed by atoms with Crippen LogP contribution in [0.4, 0.5) is 0 Å². The van der Waals surface area contributed by atoms with Gasteiger partial charge in [-0.05, 0) is 103 Å². The first-order valence-corrected chi connectivity index (χ1v) is 11.8. The summed E-state index contributed by atoms with van der Waals surface area (Å²) in [4.78, 5) is 13.5. The van der Waals surface area contributed by atoms with E-state index >= 15 is 0 Å². The standard InChI is InChI=1S/C26H33ClO/c1-25-13-4-3-5-19(25)8-11-21-22(25)12-14-26(2)23(21)16-18(24(26)28)15-17-6-9-20(27)10-7-17/h6-7,9-10,15,19,21-23H,3-5,8,11-14,16H2,1-2H3/b18-15+/t19-,21-,22+,23+,25+,26+/m1/s1. The molecule has 0 radical (unpaired) electrons. The van der Waals surface area contributed by atoms with Crippen molar-refractivity contribution in [2.75, 3.05) is 0 Å². The molecule has 5 rings (SSSR count). The maximum Gasteiger partial charge on any atom is 0.165 e. The average molecular weight is 397 g/mol. The van der Waals surface area contributed by atoms with E-state index in [1.807, 2.05) is 24.3 Å². The number of hydrogen-bond acceptors (Lipinski definition) is 1. The van der Waals surface area contributed by atoms with E-state index in [0.29, 0.717) is 17.1 Å². The fourth-order valence-corrected chi connectivity index (χ4v) is 7.98. The lowest BCUT2D eigenvalue weighted by molar-refractivity contribution is -0.137. The van der Waals surface area contributed by atoms with Crippen molar-refractivity contribution in [2.45, 2.75) is 71.6 Å². The van der Waals surface area contributed by atoms with Gasteiger partial charge in [0.1, 0.15) is 0 Å². The molecule has 2 heteroatoms. The zero-order valence-corrected chi connectivity index (χ0v) is 18.1. The lowest BCUT2D eigenvalue weighted by Gasteiger charge is -2.59. The molecule has 0 aromatic heterocycles. The zero-order chi connectivity index (χ0) is 19.5. The molecule has 0 heterocycles. The smallest absolute Gasteiger partial charge is 0.165 e. The van der Waals surface area contributed by atoms with E-state index in [2.05, 4.69) is 19.9 Å². The van der Waals surface area contributed by atoms with Crippen LogP contribution >= 0.6 is 11.6 Å². The number of rotatable bonds is 1. The van der Waals surface area contributed by atoms with Gasteiger partial charge in [0, 0.05) is 10.4 Å². The van der Waals surface area contributed by atoms with Crippen molar-refractivity contribution < 1.29 is 4.79 Å². The third-order valence-corrected chi connectivity index (χ3v) is 9.69. The second-order valence-electron chi connectivity index (χ2n) is 10.6. The maximum atomic E-state index is 13.5. The summed E-state index contributed by atoms with van der Waals surface area (Å²) < 4.78 is 0. The number of carbonyl (C=O) groups excluding carboxylic acids is 1. The summed E-state index contributed by atoms with van der Waals surface area (Å²) in [5, 5.41) is 0.751. The molecule has 4 aliphatic carbocycles. The van der Waals surface area contributed by atoms with Crippen molar-refractivity contribution in [3.8, 4) is 0 Å². The minimum Gasteiger partial charge on any atom is -0.294 e. The molecule has 28 heavy (non-hydrogen) atoms. The van der Waals surface area contributed by atoms with Gasteiger partial charge in [-0.1, -0.05) is 50.4 Å². The van der Waals surface area contributed by atoms with Gasteiger partial charge in [0.2, 0.25) is 0 Å². The third-order valence-electron chi connectivity index (χ3n) is 9.43. The van der Waals surface area contributed by atoms with Gasteiger partial charge in [0.25, 0.3) is 0 Å². The van der Waals surface area contributed by atoms with E-state index in [1.165, 1.54) is 44.9 Å². The first-order valence-electron chi connectivity index (χ1n) is 11.4. The van der Waals surface area contributed by atoms with Crippen LogP contribution < -0.4 is 0 Å². The monoisotopic (exact) mass is 396 g/mol. The Morgan fingerprint density at radius 3 is 2.54 bits per heavy atom. The van der Waals surface area contributed by atoms with Gasteiger partial charge in [-0.25, -0.2) is 0 Å². The summed E-state index contributed by atoms with van der Waals surface area (Å²) in [6.07, 6.45) is 14.0. The Bertz CT molecular complexity index is 808. The van der Waals surface area contributed by atoms with Gasteiger partial charge in [-0.3, -0.25) is 4.79 Å². The molecular weight excluding hydrogens is 364 g/mol. The number of fused-ring (bicyclic) bond motifs is 5. The van der Waals surface area contributed by atoms with Gasteiger partial charge in [0.05, 0.1) is 0 Å². The summed E-state index contributed by atoms with van der Waals surface area (Å²) >= 11 is 6.04. The van der Waals surface area contributed by atoms with Crippen LogP contribution in [0, 0.1) is 34.5 Å². The molecule has 1 aromatic rings. The number of carbonyl (C=O) groups is 1. The fraction of sp³-hybridized carbons (Fsp3) is 0.654. The minimum atomic E-state index is -0.128. The number of benzene rings is 1. The molecular formula is C26H33ClO. The highest BCUT2D eigenvalue weighted by atomic mass is 35.5. The van der Waals surface area contributed by atoms with Crippen molar-refractivity contribution in [2.24, 2.45) is 34.5 Å². The molecule has 0 bridgehead atoms. The van der Waals surface area contributed by atoms with E-state index in [-0.39, 0.29) is 5.41 Å².